The van der Waals surface area contributed by atoms with Crippen molar-refractivity contribution in [2.45, 2.75) is 170 Å². The van der Waals surface area contributed by atoms with E-state index < -0.39 is 27.5 Å². The van der Waals surface area contributed by atoms with E-state index in [1.807, 2.05) is 83.1 Å². The first-order valence-corrected chi connectivity index (χ1v) is 49.0. The molecule has 0 amide bonds. The van der Waals surface area contributed by atoms with Crippen LogP contribution in [0.4, 0.5) is 8.78 Å². The van der Waals surface area contributed by atoms with E-state index in [1.165, 1.54) is 16.2 Å². The maximum Gasteiger partial charge on any atom is 0.397 e. The topological polar surface area (TPSA) is 1020 Å². The van der Waals surface area contributed by atoms with E-state index >= 15 is 0 Å². The number of rotatable bonds is 72. The Morgan fingerprint density at radius 1 is 0.351 bits per heavy atom. The first-order valence-electron chi connectivity index (χ1n) is 46.3. The van der Waals surface area contributed by atoms with Crippen LogP contribution < -0.4 is 188 Å². The number of nitrogens with zero attached hydrogens (tertiary/aromatic N) is 7. The third-order valence-corrected chi connectivity index (χ3v) is 18.6. The van der Waals surface area contributed by atoms with Crippen LogP contribution in [-0.4, -0.2) is 288 Å². The number of hydrogen-bond acceptors (Lipinski definition) is 53. The predicted molar refractivity (Wildman–Crippen MR) is 590 cm³/mol. The molecule has 0 unspecified atom stereocenters. The number of halogens is 2. The summed E-state index contributed by atoms with van der Waals surface area (Å²) in [6.07, 6.45) is 24.8. The summed E-state index contributed by atoms with van der Waals surface area (Å²) in [5.41, 5.74) is 78.0. The molecule has 0 aliphatic heterocycles. The number of aliphatic hydroxyl groups is 4. The van der Waals surface area contributed by atoms with E-state index in [0.717, 1.165) is 52.9 Å². The Labute approximate surface area is 880 Å². The average molecular weight is 2170 g/mol. The van der Waals surface area contributed by atoms with Crippen LogP contribution in [0.25, 0.3) is 0 Å². The SMILES string of the molecule is CC(C)(C)N/C=C(\N)CN(C/C(N)=C/N(N)Cc1ccc(CCCCOS(=O)(=O)O)cc1)C/C(=C/NC(C)(C)C)NN.CC(C)(C)N/C=C(\N)CN(C/C(N)=C/N(N)Cc1ccc(CCCF)cc1)C/C(=C/NC(C)(C)C)NN.N.N.N.N.N.N.N.N/C(=C\NCCO)CN(C/C(N)=C/NCCO)C/C(N)=C/N(N)COCCCF.N/C(=C\NCCO)CN(C/C(N)=C/NCCO)C/C(N)=C/NCOCCCCOS(=O)(=O)[O-]. The molecule has 54 nitrogen and oxygen atoms in total. The highest BCUT2D eigenvalue weighted by atomic mass is 32.3. The van der Waals surface area contributed by atoms with Gasteiger partial charge in [0.25, 0.3) is 0 Å². The van der Waals surface area contributed by atoms with Gasteiger partial charge in [0.05, 0.1) is 84.1 Å². The van der Waals surface area contributed by atoms with Gasteiger partial charge in [0.2, 0.25) is 10.4 Å². The van der Waals surface area contributed by atoms with Gasteiger partial charge in [-0.3, -0.25) is 53.8 Å². The zero-order valence-corrected chi connectivity index (χ0v) is 91.8. The number of benzene rings is 2. The first-order chi connectivity index (χ1) is 66.1. The van der Waals surface area contributed by atoms with Gasteiger partial charge in [-0.1, -0.05) is 48.5 Å². The van der Waals surface area contributed by atoms with Gasteiger partial charge in [0, 0.05) is 265 Å². The number of nitrogens with one attached hydrogen (secondary N) is 11. The van der Waals surface area contributed by atoms with Crippen LogP contribution in [0.2, 0.25) is 0 Å². The van der Waals surface area contributed by atoms with Gasteiger partial charge >= 0.3 is 10.4 Å². The van der Waals surface area contributed by atoms with E-state index in [9.17, 15) is 30.2 Å². The lowest BCUT2D eigenvalue weighted by Gasteiger charge is -2.27. The minimum atomic E-state index is -4.65. The van der Waals surface area contributed by atoms with Gasteiger partial charge in [-0.2, -0.15) is 8.42 Å². The largest absolute Gasteiger partial charge is 0.726 e. The van der Waals surface area contributed by atoms with Crippen LogP contribution in [0.3, 0.4) is 0 Å². The molecule has 0 radical (unpaired) electrons. The van der Waals surface area contributed by atoms with Crippen molar-refractivity contribution in [3.05, 3.63) is 214 Å². The molecule has 0 atom stereocenters. The zero-order valence-electron chi connectivity index (χ0n) is 90.1. The Bertz CT molecular complexity index is 4250. The van der Waals surface area contributed by atoms with E-state index in [0.29, 0.717) is 213 Å². The van der Waals surface area contributed by atoms with Crippen molar-refractivity contribution in [2.24, 2.45) is 86.6 Å². The quantitative estimate of drug-likeness (QED) is 0.00934. The molecule has 0 aliphatic rings. The Hall–Kier alpha value is -10.8. The Morgan fingerprint density at radius 3 is 0.919 bits per heavy atom. The van der Waals surface area contributed by atoms with Crippen LogP contribution in [0.15, 0.2) is 191 Å². The lowest BCUT2D eigenvalue weighted by Crippen LogP contribution is -2.41. The fourth-order valence-electron chi connectivity index (χ4n) is 11.5. The van der Waals surface area contributed by atoms with Crippen LogP contribution >= 0.6 is 0 Å². The minimum absolute atomic E-state index is 0. The van der Waals surface area contributed by atoms with E-state index in [-0.39, 0.29) is 132 Å². The second-order valence-corrected chi connectivity index (χ2v) is 39.1. The van der Waals surface area contributed by atoms with Gasteiger partial charge in [-0.15, -0.1) is 0 Å². The van der Waals surface area contributed by atoms with Crippen molar-refractivity contribution < 1.29 is 73.0 Å². The molecule has 870 valence electrons. The summed E-state index contributed by atoms with van der Waals surface area (Å²) in [4.78, 5) is 7.92. The van der Waals surface area contributed by atoms with Crippen molar-refractivity contribution >= 4 is 20.8 Å². The molecule has 0 saturated heterocycles. The van der Waals surface area contributed by atoms with Crippen molar-refractivity contribution in [2.75, 3.05) is 184 Å². The number of alkyl halides is 2. The summed E-state index contributed by atoms with van der Waals surface area (Å²) in [5.74, 6) is 29.9. The number of hydrazine groups is 5. The number of unbranched alkanes of at least 4 members (excludes halogenated alkanes) is 2. The van der Waals surface area contributed by atoms with Crippen LogP contribution in [-0.2, 0) is 64.6 Å². The second-order valence-electron chi connectivity index (χ2n) is 36.9. The zero-order chi connectivity index (χ0) is 107. The highest BCUT2D eigenvalue weighted by Gasteiger charge is 2.20. The summed E-state index contributed by atoms with van der Waals surface area (Å²) in [6, 6.07) is 16.0. The van der Waals surface area contributed by atoms with Crippen molar-refractivity contribution in [3.63, 3.8) is 0 Å². The number of aryl methyl sites for hydroxylation is 2. The molecule has 0 spiro atoms. The fraction of sp³-hybridized carbons (Fsp3) is 0.600. The summed E-state index contributed by atoms with van der Waals surface area (Å²) in [7, 11) is -9.04. The molecule has 2 aromatic carbocycles. The van der Waals surface area contributed by atoms with Gasteiger partial charge in [0.15, 0.2) is 0 Å². The molecular formula is C90H199F2N40O14S2-. The number of nitrogens with two attached hydrogens (primary N) is 15. The molecule has 2 aromatic rings. The Kier molecular flexibility index (Phi) is 93.2. The van der Waals surface area contributed by atoms with Crippen LogP contribution in [0, 0.1) is 0 Å². The van der Waals surface area contributed by atoms with Gasteiger partial charge in [0.1, 0.15) is 13.5 Å². The van der Waals surface area contributed by atoms with Gasteiger partial charge < -0.3 is 204 Å². The molecule has 0 aliphatic carbocycles. The standard InChI is InChI=1S/C28H53N9O4S.C27H50FN9.C18H39N7O7S.C17H37FN8O3.7H3N/c1-27(2,3)33-15-24(29)18-36(21-26(35-31)16-34-28(4,5)6)19-25(30)20-37(32)17-23-12-10-22(11-13-23)9-7-8-14-41-42(38,39)40;1-26(2,3)33-14-23(29)17-36(20-25(35-31)15-34-27(4,5)6)18-24(30)19-37(32)16-22-11-9-21(10-12-22)8-7-13-28;19-16(9-22-3-5-26)12-25(13-17(20)10-23-4-6-27)14-18(21)11-24-15-31-7-1-2-8-32-33(28,29)30;18-2-1-7-29-14-26(22)13-17(21)12-25(10-15(19)8-23-3-5-27)11-16(20)9-24-4-6-28;;;;;;;/h10-13,15-16,20,33-35H,7-9,14,17-19,21,29-32H2,1-6H3,(H,38,39,40);9-12,14-15,19,33-35H,7-8,13,16-18,20,29-32H2,1-6H3;9-11,22-24,26-27H,1-8,12-15,19-21H2,(H,28,29,30);8-9,13,23-24,27-28H,1-7,10-12,14,19-22H2;7*1H3/p-1/b24-15-,25-20-,26-16-;23-14-,24-19-,25-15-;16-9-,17-10-,18-11-;15-8-,16-9-,17-13-;;;;;;;. The molecule has 0 fully saturated rings. The van der Waals surface area contributed by atoms with E-state index in [1.54, 1.807) is 48.4 Å². The molecule has 0 bridgehead atoms. The maximum absolute atomic E-state index is 12.4. The monoisotopic (exact) mass is 2170 g/mol. The Morgan fingerprint density at radius 2 is 0.615 bits per heavy atom. The lowest BCUT2D eigenvalue weighted by molar-refractivity contribution is 0.0494. The molecule has 58 heteroatoms. The van der Waals surface area contributed by atoms with Crippen LogP contribution in [0.5, 0.6) is 0 Å². The smallest absolute Gasteiger partial charge is 0.397 e. The van der Waals surface area contributed by atoms with Crippen molar-refractivity contribution in [1.29, 1.82) is 0 Å². The third-order valence-electron chi connectivity index (χ3n) is 17.6. The highest BCUT2D eigenvalue weighted by Crippen LogP contribution is 2.15. The molecular weight excluding hydrogens is 1970 g/mol. The molecule has 67 N–H and O–H groups in total. The fourth-order valence-corrected chi connectivity index (χ4v) is 12.2. The molecule has 0 saturated carbocycles. The van der Waals surface area contributed by atoms with Crippen molar-refractivity contribution in [1.82, 2.24) is 136 Å². The van der Waals surface area contributed by atoms with Crippen LogP contribution in [0.1, 0.15) is 144 Å². The molecule has 148 heavy (non-hydrogen) atoms. The van der Waals surface area contributed by atoms with E-state index in [2.05, 4.69) is 160 Å². The summed E-state index contributed by atoms with van der Waals surface area (Å²) in [6.45, 7) is 31.9. The number of aliphatic hydroxyl groups excluding tert-OH is 4. The van der Waals surface area contributed by atoms with Gasteiger partial charge in [-0.25, -0.2) is 30.1 Å². The first kappa shape index (κ1) is 155. The summed E-state index contributed by atoms with van der Waals surface area (Å²) < 4.78 is 104. The second kappa shape index (κ2) is 89.1. The lowest BCUT2D eigenvalue weighted by atomic mass is 10.1. The highest BCUT2D eigenvalue weighted by molar-refractivity contribution is 7.81. The summed E-state index contributed by atoms with van der Waals surface area (Å²) in [5, 5.41) is 67.3. The molecule has 0 aromatic heterocycles. The maximum atomic E-state index is 12.4. The third kappa shape index (κ3) is 98.6. The van der Waals surface area contributed by atoms with E-state index in [4.69, 9.17) is 121 Å². The average Bonchev–Trinajstić information content (AvgIpc) is 0.888. The molecule has 0 heterocycles. The molecule has 2 rings (SSSR count). The minimum Gasteiger partial charge on any atom is -0.726 e. The number of hydrogen-bond donors (Lipinski definition) is 38. The summed E-state index contributed by atoms with van der Waals surface area (Å²) >= 11 is 0. The van der Waals surface area contributed by atoms with Crippen molar-refractivity contribution in [3.8, 4) is 0 Å². The predicted octanol–water partition coefficient (Wildman–Crippen LogP) is -1.10. The number of ether oxygens (including phenoxy) is 2. The normalized spacial score (nSPS) is 12.9. The van der Waals surface area contributed by atoms with Gasteiger partial charge in [-0.05, 0) is 157 Å². The Balaban J connectivity index is -0.000000247.